The third kappa shape index (κ3) is 2.98. The molecule has 0 unspecified atom stereocenters. The molecule has 0 spiro atoms. The summed E-state index contributed by atoms with van der Waals surface area (Å²) in [5.41, 5.74) is 1.31. The van der Waals surface area contributed by atoms with Gasteiger partial charge in [0.15, 0.2) is 0 Å². The monoisotopic (exact) mass is 238 g/mol. The van der Waals surface area contributed by atoms with Gasteiger partial charge in [0, 0.05) is 6.42 Å². The molecule has 1 heterocycles. The Balaban J connectivity index is 1.86. The number of halogens is 1. The van der Waals surface area contributed by atoms with E-state index in [0.717, 1.165) is 12.2 Å². The molecule has 0 aliphatic heterocycles. The van der Waals surface area contributed by atoms with Crippen LogP contribution in [0.3, 0.4) is 0 Å². The maximum atomic E-state index is 5.96. The van der Waals surface area contributed by atoms with Crippen LogP contribution in [0.1, 0.15) is 5.56 Å². The van der Waals surface area contributed by atoms with Gasteiger partial charge < -0.3 is 4.74 Å². The minimum absolute atomic E-state index is 0.667. The van der Waals surface area contributed by atoms with E-state index in [1.807, 2.05) is 24.3 Å². The summed E-state index contributed by atoms with van der Waals surface area (Å²) in [7, 11) is 0. The van der Waals surface area contributed by atoms with Crippen LogP contribution in [0.25, 0.3) is 0 Å². The lowest BCUT2D eigenvalue weighted by Crippen LogP contribution is -2.00. The number of benzene rings is 1. The van der Waals surface area contributed by atoms with Gasteiger partial charge in [0.1, 0.15) is 5.75 Å². The van der Waals surface area contributed by atoms with Crippen molar-refractivity contribution in [3.8, 4) is 5.75 Å². The van der Waals surface area contributed by atoms with Crippen LogP contribution in [0.15, 0.2) is 41.1 Å². The molecule has 2 aromatic rings. The van der Waals surface area contributed by atoms with Gasteiger partial charge in [-0.2, -0.15) is 11.3 Å². The van der Waals surface area contributed by atoms with Crippen LogP contribution in [0.4, 0.5) is 0 Å². The van der Waals surface area contributed by atoms with Crippen molar-refractivity contribution >= 4 is 22.9 Å². The lowest BCUT2D eigenvalue weighted by atomic mass is 10.2. The van der Waals surface area contributed by atoms with E-state index >= 15 is 0 Å². The summed E-state index contributed by atoms with van der Waals surface area (Å²) in [4.78, 5) is 0. The summed E-state index contributed by atoms with van der Waals surface area (Å²) < 4.78 is 5.58. The van der Waals surface area contributed by atoms with Gasteiger partial charge in [0.2, 0.25) is 0 Å². The number of para-hydroxylation sites is 1. The summed E-state index contributed by atoms with van der Waals surface area (Å²) in [6, 6.07) is 9.65. The van der Waals surface area contributed by atoms with E-state index in [1.165, 1.54) is 5.56 Å². The van der Waals surface area contributed by atoms with Crippen LogP contribution >= 0.6 is 22.9 Å². The first-order valence-corrected chi connectivity index (χ1v) is 6.07. The first-order chi connectivity index (χ1) is 7.36. The SMILES string of the molecule is Clc1ccccc1OCCc1ccsc1. The molecule has 0 aliphatic carbocycles. The predicted molar refractivity (Wildman–Crippen MR) is 65.0 cm³/mol. The lowest BCUT2D eigenvalue weighted by Gasteiger charge is -2.06. The van der Waals surface area contributed by atoms with Crippen molar-refractivity contribution in [3.05, 3.63) is 51.7 Å². The smallest absolute Gasteiger partial charge is 0.137 e. The Morgan fingerprint density at radius 2 is 2.07 bits per heavy atom. The number of hydrogen-bond acceptors (Lipinski definition) is 2. The second-order valence-electron chi connectivity index (χ2n) is 3.16. The molecule has 0 radical (unpaired) electrons. The van der Waals surface area contributed by atoms with Gasteiger partial charge >= 0.3 is 0 Å². The van der Waals surface area contributed by atoms with Gasteiger partial charge in [-0.3, -0.25) is 0 Å². The molecular weight excluding hydrogens is 228 g/mol. The van der Waals surface area contributed by atoms with Crippen molar-refractivity contribution in [2.45, 2.75) is 6.42 Å². The number of hydrogen-bond donors (Lipinski definition) is 0. The minimum atomic E-state index is 0.667. The van der Waals surface area contributed by atoms with Gasteiger partial charge in [-0.25, -0.2) is 0 Å². The third-order valence-electron chi connectivity index (χ3n) is 2.07. The Morgan fingerprint density at radius 3 is 2.80 bits per heavy atom. The standard InChI is InChI=1S/C12H11ClOS/c13-11-3-1-2-4-12(11)14-7-5-10-6-8-15-9-10/h1-4,6,8-9H,5,7H2. The maximum absolute atomic E-state index is 5.96. The molecule has 3 heteroatoms. The molecule has 0 saturated heterocycles. The van der Waals surface area contributed by atoms with E-state index in [9.17, 15) is 0 Å². The fourth-order valence-corrected chi connectivity index (χ4v) is 2.17. The van der Waals surface area contributed by atoms with Crippen LogP contribution in [0.2, 0.25) is 5.02 Å². The second-order valence-corrected chi connectivity index (χ2v) is 4.35. The highest BCUT2D eigenvalue weighted by Gasteiger charge is 1.99. The van der Waals surface area contributed by atoms with Crippen molar-refractivity contribution in [2.24, 2.45) is 0 Å². The van der Waals surface area contributed by atoms with E-state index in [1.54, 1.807) is 11.3 Å². The Hall–Kier alpha value is -0.990. The molecule has 1 aromatic carbocycles. The molecule has 0 fully saturated rings. The molecule has 0 bridgehead atoms. The number of rotatable bonds is 4. The van der Waals surface area contributed by atoms with Crippen LogP contribution in [-0.4, -0.2) is 6.61 Å². The fraction of sp³-hybridized carbons (Fsp3) is 0.167. The van der Waals surface area contributed by atoms with E-state index in [-0.39, 0.29) is 0 Å². The van der Waals surface area contributed by atoms with E-state index in [0.29, 0.717) is 11.6 Å². The molecular formula is C12H11ClOS. The summed E-state index contributed by atoms with van der Waals surface area (Å²) in [5.74, 6) is 0.759. The van der Waals surface area contributed by atoms with Gasteiger partial charge in [-0.15, -0.1) is 0 Å². The average molecular weight is 239 g/mol. The highest BCUT2D eigenvalue weighted by Crippen LogP contribution is 2.23. The van der Waals surface area contributed by atoms with Crippen molar-refractivity contribution in [3.63, 3.8) is 0 Å². The van der Waals surface area contributed by atoms with Crippen molar-refractivity contribution in [1.29, 1.82) is 0 Å². The van der Waals surface area contributed by atoms with Crippen LogP contribution < -0.4 is 4.74 Å². The van der Waals surface area contributed by atoms with Crippen molar-refractivity contribution in [2.75, 3.05) is 6.61 Å². The van der Waals surface area contributed by atoms with Crippen LogP contribution in [-0.2, 0) is 6.42 Å². The highest BCUT2D eigenvalue weighted by molar-refractivity contribution is 7.07. The zero-order chi connectivity index (χ0) is 10.5. The quantitative estimate of drug-likeness (QED) is 0.782. The molecule has 0 aliphatic rings. The first-order valence-electron chi connectivity index (χ1n) is 4.74. The third-order valence-corrected chi connectivity index (χ3v) is 3.11. The summed E-state index contributed by atoms with van der Waals surface area (Å²) in [6.45, 7) is 0.667. The minimum Gasteiger partial charge on any atom is -0.492 e. The maximum Gasteiger partial charge on any atom is 0.137 e. The molecule has 78 valence electrons. The molecule has 0 N–H and O–H groups in total. The average Bonchev–Trinajstić information content (AvgIpc) is 2.74. The molecule has 1 nitrogen and oxygen atoms in total. The number of ether oxygens (including phenoxy) is 1. The summed E-state index contributed by atoms with van der Waals surface area (Å²) >= 11 is 7.67. The van der Waals surface area contributed by atoms with Crippen molar-refractivity contribution < 1.29 is 4.74 Å². The van der Waals surface area contributed by atoms with E-state index in [2.05, 4.69) is 16.8 Å². The Morgan fingerprint density at radius 1 is 1.20 bits per heavy atom. The zero-order valence-corrected chi connectivity index (χ0v) is 9.72. The summed E-state index contributed by atoms with van der Waals surface area (Å²) in [5, 5.41) is 4.88. The van der Waals surface area contributed by atoms with Gasteiger partial charge in [0.05, 0.1) is 11.6 Å². The predicted octanol–water partition coefficient (Wildman–Crippen LogP) is 4.02. The molecule has 0 atom stereocenters. The molecule has 2 rings (SSSR count). The highest BCUT2D eigenvalue weighted by atomic mass is 35.5. The fourth-order valence-electron chi connectivity index (χ4n) is 1.28. The van der Waals surface area contributed by atoms with Crippen LogP contribution in [0.5, 0.6) is 5.75 Å². The largest absolute Gasteiger partial charge is 0.492 e. The van der Waals surface area contributed by atoms with Gasteiger partial charge in [0.25, 0.3) is 0 Å². The zero-order valence-electron chi connectivity index (χ0n) is 8.15. The van der Waals surface area contributed by atoms with E-state index in [4.69, 9.17) is 16.3 Å². The second kappa shape index (κ2) is 5.19. The lowest BCUT2D eigenvalue weighted by molar-refractivity contribution is 0.322. The molecule has 1 aromatic heterocycles. The normalized spacial score (nSPS) is 10.2. The molecule has 0 amide bonds. The Kier molecular flexibility index (Phi) is 3.64. The first kappa shape index (κ1) is 10.5. The number of thiophene rings is 1. The van der Waals surface area contributed by atoms with Crippen molar-refractivity contribution in [1.82, 2.24) is 0 Å². The van der Waals surface area contributed by atoms with E-state index < -0.39 is 0 Å². The topological polar surface area (TPSA) is 9.23 Å². The Bertz CT molecular complexity index is 411. The van der Waals surface area contributed by atoms with Gasteiger partial charge in [-0.1, -0.05) is 23.7 Å². The van der Waals surface area contributed by atoms with Gasteiger partial charge in [-0.05, 0) is 34.5 Å². The summed E-state index contributed by atoms with van der Waals surface area (Å²) in [6.07, 6.45) is 0.925. The van der Waals surface area contributed by atoms with Crippen LogP contribution in [0, 0.1) is 0 Å². The molecule has 0 saturated carbocycles. The Labute approximate surface area is 98.3 Å². The molecule has 15 heavy (non-hydrogen) atoms.